The number of hydrogen-bond acceptors (Lipinski definition) is 6. The van der Waals surface area contributed by atoms with E-state index in [9.17, 15) is 14.7 Å². The Hall–Kier alpha value is -3.54. The number of hydrogen-bond donors (Lipinski definition) is 0. The smallest absolute Gasteiger partial charge is 0.342 e. The van der Waals surface area contributed by atoms with Crippen molar-refractivity contribution in [3.8, 4) is 11.4 Å². The number of aromatic carboxylic acids is 1. The van der Waals surface area contributed by atoms with E-state index in [-0.39, 0.29) is 23.7 Å². The van der Waals surface area contributed by atoms with Crippen molar-refractivity contribution < 1.29 is 19.4 Å². The molecule has 1 aromatic heterocycles. The molecule has 130 valence electrons. The van der Waals surface area contributed by atoms with Gasteiger partial charge in [-0.15, -0.1) is 0 Å². The van der Waals surface area contributed by atoms with E-state index < -0.39 is 17.6 Å². The van der Waals surface area contributed by atoms with E-state index in [1.54, 1.807) is 43.3 Å². The van der Waals surface area contributed by atoms with E-state index in [1.807, 2.05) is 24.3 Å². The van der Waals surface area contributed by atoms with Gasteiger partial charge in [-0.1, -0.05) is 60.7 Å². The lowest BCUT2D eigenvalue weighted by atomic mass is 10.1. The third kappa shape index (κ3) is 3.75. The number of aromatic nitrogens is 2. The second-order valence-corrected chi connectivity index (χ2v) is 5.57. The first kappa shape index (κ1) is 17.3. The molecule has 2 aromatic carbocycles. The molecule has 3 aromatic rings. The van der Waals surface area contributed by atoms with Crippen LogP contribution >= 0.6 is 0 Å². The molecular weight excluding hydrogens is 332 g/mol. The van der Waals surface area contributed by atoms with Crippen LogP contribution in [0, 0.1) is 6.92 Å². The number of rotatable bonds is 5. The van der Waals surface area contributed by atoms with E-state index in [4.69, 9.17) is 4.74 Å². The van der Waals surface area contributed by atoms with E-state index in [0.717, 1.165) is 5.56 Å². The minimum absolute atomic E-state index is 0.0199. The van der Waals surface area contributed by atoms with Crippen LogP contribution in [-0.4, -0.2) is 21.9 Å². The zero-order chi connectivity index (χ0) is 18.5. The molecule has 1 heterocycles. The Morgan fingerprint density at radius 3 is 2.19 bits per heavy atom. The highest BCUT2D eigenvalue weighted by Gasteiger charge is 2.21. The molecule has 0 aliphatic heterocycles. The third-order valence-corrected chi connectivity index (χ3v) is 3.73. The topological polar surface area (TPSA) is 92.2 Å². The molecule has 6 nitrogen and oxygen atoms in total. The van der Waals surface area contributed by atoms with Crippen LogP contribution in [0.3, 0.4) is 0 Å². The molecule has 0 spiro atoms. The molecule has 3 rings (SSSR count). The molecule has 0 aliphatic rings. The molecule has 0 amide bonds. The van der Waals surface area contributed by atoms with Gasteiger partial charge in [-0.3, -0.25) is 0 Å². The molecule has 0 fully saturated rings. The molecule has 26 heavy (non-hydrogen) atoms. The van der Waals surface area contributed by atoms with Gasteiger partial charge in [-0.25, -0.2) is 14.8 Å². The number of esters is 1. The van der Waals surface area contributed by atoms with Gasteiger partial charge in [-0.2, -0.15) is 0 Å². The van der Waals surface area contributed by atoms with Crippen LogP contribution in [0.4, 0.5) is 0 Å². The second kappa shape index (κ2) is 7.57. The van der Waals surface area contributed by atoms with Crippen molar-refractivity contribution in [3.63, 3.8) is 0 Å². The maximum absolute atomic E-state index is 12.4. The van der Waals surface area contributed by atoms with E-state index in [0.29, 0.717) is 5.56 Å². The maximum atomic E-state index is 12.4. The quantitative estimate of drug-likeness (QED) is 0.657. The van der Waals surface area contributed by atoms with Gasteiger partial charge in [0.1, 0.15) is 17.9 Å². The average molecular weight is 347 g/mol. The monoisotopic (exact) mass is 347 g/mol. The Morgan fingerprint density at radius 1 is 0.962 bits per heavy atom. The molecule has 0 saturated heterocycles. The van der Waals surface area contributed by atoms with E-state index >= 15 is 0 Å². The summed E-state index contributed by atoms with van der Waals surface area (Å²) in [7, 11) is 0. The molecule has 0 bridgehead atoms. The summed E-state index contributed by atoms with van der Waals surface area (Å²) in [5, 5.41) is 11.5. The Labute approximate surface area is 150 Å². The lowest BCUT2D eigenvalue weighted by Gasteiger charge is -2.13. The van der Waals surface area contributed by atoms with Crippen LogP contribution in [0.15, 0.2) is 60.7 Å². The highest BCUT2D eigenvalue weighted by Crippen LogP contribution is 2.20. The largest absolute Gasteiger partial charge is 0.543 e. The summed E-state index contributed by atoms with van der Waals surface area (Å²) in [5.74, 6) is -2.15. The highest BCUT2D eigenvalue weighted by atomic mass is 16.5. The fourth-order valence-electron chi connectivity index (χ4n) is 2.48. The Kier molecular flexibility index (Phi) is 5.03. The lowest BCUT2D eigenvalue weighted by Crippen LogP contribution is -2.28. The number of carbonyl (C=O) groups excluding carboxylic acids is 2. The minimum atomic E-state index is -1.56. The normalized spacial score (nSPS) is 10.3. The summed E-state index contributed by atoms with van der Waals surface area (Å²) in [6.07, 6.45) is 0. The van der Waals surface area contributed by atoms with E-state index in [1.165, 1.54) is 0 Å². The molecule has 0 N–H and O–H groups in total. The fourth-order valence-corrected chi connectivity index (χ4v) is 2.48. The molecule has 0 saturated carbocycles. The van der Waals surface area contributed by atoms with Gasteiger partial charge in [-0.05, 0) is 12.5 Å². The van der Waals surface area contributed by atoms with Crippen LogP contribution in [-0.2, 0) is 11.3 Å². The summed E-state index contributed by atoms with van der Waals surface area (Å²) in [4.78, 5) is 32.2. The van der Waals surface area contributed by atoms with Gasteiger partial charge < -0.3 is 14.6 Å². The van der Waals surface area contributed by atoms with Crippen molar-refractivity contribution in [3.05, 3.63) is 83.2 Å². The molecule has 0 aliphatic carbocycles. The van der Waals surface area contributed by atoms with Crippen molar-refractivity contribution in [1.82, 2.24) is 9.97 Å². The number of nitrogens with zero attached hydrogens (tertiary/aromatic N) is 2. The average Bonchev–Trinajstić information content (AvgIpc) is 2.67. The number of carbonyl (C=O) groups is 2. The van der Waals surface area contributed by atoms with Gasteiger partial charge in [0.25, 0.3) is 0 Å². The minimum Gasteiger partial charge on any atom is -0.543 e. The predicted octanol–water partition coefficient (Wildman–Crippen LogP) is 2.17. The van der Waals surface area contributed by atoms with Gasteiger partial charge in [0, 0.05) is 5.56 Å². The first-order valence-electron chi connectivity index (χ1n) is 7.92. The second-order valence-electron chi connectivity index (χ2n) is 5.57. The van der Waals surface area contributed by atoms with Crippen molar-refractivity contribution in [1.29, 1.82) is 0 Å². The van der Waals surface area contributed by atoms with Crippen molar-refractivity contribution in [2.24, 2.45) is 0 Å². The van der Waals surface area contributed by atoms with Crippen molar-refractivity contribution in [2.45, 2.75) is 13.5 Å². The summed E-state index contributed by atoms with van der Waals surface area (Å²) < 4.78 is 5.22. The zero-order valence-corrected chi connectivity index (χ0v) is 14.0. The molecule has 6 heteroatoms. The number of aryl methyl sites for hydroxylation is 1. The Morgan fingerprint density at radius 2 is 1.58 bits per heavy atom. The highest BCUT2D eigenvalue weighted by molar-refractivity contribution is 6.01. The first-order chi connectivity index (χ1) is 12.6. The standard InChI is InChI=1S/C20H16N2O4/c1-13-16(20(25)26-12-14-8-4-2-5-9-14)17(19(23)24)22-18(21-13)15-10-6-3-7-11-15/h2-11H,12H2,1H3,(H,23,24)/p-1. The zero-order valence-electron chi connectivity index (χ0n) is 14.0. The number of ether oxygens (including phenoxy) is 1. The van der Waals surface area contributed by atoms with Crippen LogP contribution in [0.1, 0.15) is 32.1 Å². The van der Waals surface area contributed by atoms with Gasteiger partial charge in [0.05, 0.1) is 11.7 Å². The maximum Gasteiger partial charge on any atom is 0.342 e. The van der Waals surface area contributed by atoms with Gasteiger partial charge in [0.15, 0.2) is 5.82 Å². The van der Waals surface area contributed by atoms with Crippen molar-refractivity contribution >= 4 is 11.9 Å². The molecule has 0 radical (unpaired) electrons. The molecular formula is C20H15N2O4-. The predicted molar refractivity (Wildman–Crippen MR) is 92.1 cm³/mol. The Balaban J connectivity index is 1.93. The SMILES string of the molecule is Cc1nc(-c2ccccc2)nc(C(=O)[O-])c1C(=O)OCc1ccccc1. The third-order valence-electron chi connectivity index (χ3n) is 3.73. The van der Waals surface area contributed by atoms with Crippen LogP contribution in [0.25, 0.3) is 11.4 Å². The summed E-state index contributed by atoms with van der Waals surface area (Å²) >= 11 is 0. The van der Waals surface area contributed by atoms with Crippen LogP contribution < -0.4 is 5.11 Å². The fraction of sp³-hybridized carbons (Fsp3) is 0.100. The summed E-state index contributed by atoms with van der Waals surface area (Å²) in [6, 6.07) is 18.0. The first-order valence-corrected chi connectivity index (χ1v) is 7.92. The summed E-state index contributed by atoms with van der Waals surface area (Å²) in [6.45, 7) is 1.56. The molecule has 0 atom stereocenters. The number of carboxylic acids is 1. The summed E-state index contributed by atoms with van der Waals surface area (Å²) in [5.41, 5.74) is 0.976. The van der Waals surface area contributed by atoms with Crippen LogP contribution in [0.2, 0.25) is 0 Å². The number of benzene rings is 2. The lowest BCUT2D eigenvalue weighted by molar-refractivity contribution is -0.255. The van der Waals surface area contributed by atoms with Gasteiger partial charge >= 0.3 is 5.97 Å². The molecule has 0 unspecified atom stereocenters. The van der Waals surface area contributed by atoms with Gasteiger partial charge in [0.2, 0.25) is 0 Å². The Bertz CT molecular complexity index is 941. The van der Waals surface area contributed by atoms with Crippen LogP contribution in [0.5, 0.6) is 0 Å². The van der Waals surface area contributed by atoms with Crippen molar-refractivity contribution in [2.75, 3.05) is 0 Å². The number of carboxylic acid groups (broad SMARTS) is 1. The van der Waals surface area contributed by atoms with E-state index in [2.05, 4.69) is 9.97 Å².